The van der Waals surface area contributed by atoms with Crippen LogP contribution in [0, 0.1) is 0 Å². The third-order valence-corrected chi connectivity index (χ3v) is 1.78. The molecule has 7 heteroatoms. The first-order valence-electron chi connectivity index (χ1n) is 5.62. The van der Waals surface area contributed by atoms with E-state index < -0.39 is 30.3 Å². The third-order valence-electron chi connectivity index (χ3n) is 1.78. The van der Waals surface area contributed by atoms with Crippen LogP contribution in [0.3, 0.4) is 0 Å². The molecule has 0 unspecified atom stereocenters. The van der Waals surface area contributed by atoms with E-state index >= 15 is 0 Å². The van der Waals surface area contributed by atoms with Crippen LogP contribution in [-0.4, -0.2) is 43.5 Å². The van der Waals surface area contributed by atoms with Crippen molar-refractivity contribution >= 4 is 18.1 Å². The lowest BCUT2D eigenvalue weighted by Crippen LogP contribution is -2.31. The van der Waals surface area contributed by atoms with Gasteiger partial charge < -0.3 is 18.9 Å². The first kappa shape index (κ1) is 16.2. The predicted octanol–water partition coefficient (Wildman–Crippen LogP) is 1.04. The van der Waals surface area contributed by atoms with Gasteiger partial charge in [0.25, 0.3) is 0 Å². The van der Waals surface area contributed by atoms with Crippen LogP contribution in [0.15, 0.2) is 0 Å². The maximum atomic E-state index is 11.2. The van der Waals surface area contributed by atoms with Crippen LogP contribution in [0.25, 0.3) is 0 Å². The highest BCUT2D eigenvalue weighted by Crippen LogP contribution is 2.02. The minimum absolute atomic E-state index is 0.181. The van der Waals surface area contributed by atoms with E-state index in [1.54, 1.807) is 13.8 Å². The Morgan fingerprint density at radius 1 is 0.833 bits per heavy atom. The third kappa shape index (κ3) is 6.07. The monoisotopic (exact) mass is 262 g/mol. The number of rotatable bonds is 6. The summed E-state index contributed by atoms with van der Waals surface area (Å²) in [5.74, 6) is -1.36. The zero-order valence-corrected chi connectivity index (χ0v) is 10.9. The molecule has 0 bridgehead atoms. The molecule has 0 N–H and O–H groups in total. The van der Waals surface area contributed by atoms with Gasteiger partial charge in [-0.3, -0.25) is 0 Å². The first-order valence-corrected chi connectivity index (χ1v) is 5.62. The molecule has 0 aliphatic heterocycles. The van der Waals surface area contributed by atoms with Crippen molar-refractivity contribution in [2.24, 2.45) is 0 Å². The van der Waals surface area contributed by atoms with E-state index in [1.165, 1.54) is 13.8 Å². The lowest BCUT2D eigenvalue weighted by molar-refractivity contribution is -0.157. The molecule has 0 aromatic rings. The van der Waals surface area contributed by atoms with E-state index in [0.717, 1.165) is 0 Å². The Kier molecular flexibility index (Phi) is 7.50. The number of esters is 2. The summed E-state index contributed by atoms with van der Waals surface area (Å²) in [6, 6.07) is 0. The Labute approximate surface area is 105 Å². The zero-order valence-electron chi connectivity index (χ0n) is 10.9. The maximum Gasteiger partial charge on any atom is 0.509 e. The first-order chi connectivity index (χ1) is 8.42. The van der Waals surface area contributed by atoms with Crippen molar-refractivity contribution in [2.45, 2.75) is 39.9 Å². The van der Waals surface area contributed by atoms with Crippen LogP contribution in [0.1, 0.15) is 27.7 Å². The van der Waals surface area contributed by atoms with Crippen LogP contribution < -0.4 is 0 Å². The highest BCUT2D eigenvalue weighted by molar-refractivity contribution is 5.79. The fourth-order valence-electron chi connectivity index (χ4n) is 0.932. The SMILES string of the molecule is CCOC(=O)[C@H](C)OC(=O)O[C@@H](C)C(=O)OCC. The molecule has 0 saturated carbocycles. The molecule has 0 amide bonds. The van der Waals surface area contributed by atoms with E-state index in [-0.39, 0.29) is 13.2 Å². The van der Waals surface area contributed by atoms with Gasteiger partial charge in [-0.05, 0) is 27.7 Å². The molecular weight excluding hydrogens is 244 g/mol. The summed E-state index contributed by atoms with van der Waals surface area (Å²) in [6.45, 7) is 6.31. The van der Waals surface area contributed by atoms with Gasteiger partial charge in [-0.15, -0.1) is 0 Å². The van der Waals surface area contributed by atoms with Crippen LogP contribution >= 0.6 is 0 Å². The van der Waals surface area contributed by atoms with Gasteiger partial charge in [0.2, 0.25) is 0 Å². The van der Waals surface area contributed by atoms with Crippen molar-refractivity contribution < 1.29 is 33.3 Å². The molecule has 0 aliphatic rings. The predicted molar refractivity (Wildman–Crippen MR) is 59.8 cm³/mol. The molecule has 104 valence electrons. The van der Waals surface area contributed by atoms with Crippen molar-refractivity contribution in [2.75, 3.05) is 13.2 Å². The molecule has 0 aromatic carbocycles. The van der Waals surface area contributed by atoms with Crippen LogP contribution in [-0.2, 0) is 28.5 Å². The molecule has 0 heterocycles. The summed E-state index contributed by atoms with van der Waals surface area (Å²) >= 11 is 0. The summed E-state index contributed by atoms with van der Waals surface area (Å²) in [5.41, 5.74) is 0. The smallest absolute Gasteiger partial charge is 0.463 e. The number of hydrogen-bond acceptors (Lipinski definition) is 7. The molecule has 0 aromatic heterocycles. The van der Waals surface area contributed by atoms with E-state index in [4.69, 9.17) is 0 Å². The number of carbonyl (C=O) groups excluding carboxylic acids is 3. The lowest BCUT2D eigenvalue weighted by atomic mass is 10.4. The molecule has 0 spiro atoms. The molecule has 0 rings (SSSR count). The zero-order chi connectivity index (χ0) is 14.1. The molecule has 2 atom stereocenters. The highest BCUT2D eigenvalue weighted by atomic mass is 16.7. The van der Waals surface area contributed by atoms with Gasteiger partial charge in [-0.25, -0.2) is 14.4 Å². The second-order valence-corrected chi connectivity index (χ2v) is 3.27. The van der Waals surface area contributed by atoms with Gasteiger partial charge >= 0.3 is 18.1 Å². The standard InChI is InChI=1S/C11H18O7/c1-5-15-9(12)7(3)17-11(14)18-8(4)10(13)16-6-2/h7-8H,5-6H2,1-4H3/t7-,8-/m0/s1. The second-order valence-electron chi connectivity index (χ2n) is 3.27. The summed E-state index contributed by atoms with van der Waals surface area (Å²) < 4.78 is 18.5. The van der Waals surface area contributed by atoms with Gasteiger partial charge in [-0.1, -0.05) is 0 Å². The molecule has 0 fully saturated rings. The van der Waals surface area contributed by atoms with Crippen LogP contribution in [0.5, 0.6) is 0 Å². The van der Waals surface area contributed by atoms with Gasteiger partial charge in [0.1, 0.15) is 0 Å². The number of hydrogen-bond donors (Lipinski definition) is 0. The molecule has 18 heavy (non-hydrogen) atoms. The van der Waals surface area contributed by atoms with Gasteiger partial charge in [0.15, 0.2) is 12.2 Å². The minimum Gasteiger partial charge on any atom is -0.463 e. The maximum absolute atomic E-state index is 11.2. The van der Waals surface area contributed by atoms with Crippen molar-refractivity contribution in [1.82, 2.24) is 0 Å². The van der Waals surface area contributed by atoms with E-state index in [2.05, 4.69) is 18.9 Å². The molecule has 0 saturated heterocycles. The summed E-state index contributed by atoms with van der Waals surface area (Å²) in [6.07, 6.45) is -3.31. The Morgan fingerprint density at radius 3 is 1.44 bits per heavy atom. The van der Waals surface area contributed by atoms with Gasteiger partial charge in [-0.2, -0.15) is 0 Å². The number of ether oxygens (including phenoxy) is 4. The fourth-order valence-corrected chi connectivity index (χ4v) is 0.932. The molecule has 7 nitrogen and oxygen atoms in total. The van der Waals surface area contributed by atoms with E-state index in [0.29, 0.717) is 0 Å². The minimum atomic E-state index is -1.13. The van der Waals surface area contributed by atoms with Crippen LogP contribution in [0.4, 0.5) is 4.79 Å². The topological polar surface area (TPSA) is 88.1 Å². The number of carbonyl (C=O) groups is 3. The van der Waals surface area contributed by atoms with Crippen molar-refractivity contribution in [3.05, 3.63) is 0 Å². The van der Waals surface area contributed by atoms with Crippen molar-refractivity contribution in [3.8, 4) is 0 Å². The van der Waals surface area contributed by atoms with Crippen molar-refractivity contribution in [3.63, 3.8) is 0 Å². The average molecular weight is 262 g/mol. The molecule has 0 aliphatic carbocycles. The lowest BCUT2D eigenvalue weighted by Gasteiger charge is -2.14. The summed E-state index contributed by atoms with van der Waals surface area (Å²) in [7, 11) is 0. The summed E-state index contributed by atoms with van der Waals surface area (Å²) in [5, 5.41) is 0. The van der Waals surface area contributed by atoms with E-state index in [9.17, 15) is 14.4 Å². The van der Waals surface area contributed by atoms with Gasteiger partial charge in [0, 0.05) is 0 Å². The normalized spacial score (nSPS) is 13.1. The molecule has 0 radical (unpaired) electrons. The quantitative estimate of drug-likeness (QED) is 0.522. The van der Waals surface area contributed by atoms with Crippen LogP contribution in [0.2, 0.25) is 0 Å². The largest absolute Gasteiger partial charge is 0.509 e. The Hall–Kier alpha value is -1.79. The highest BCUT2D eigenvalue weighted by Gasteiger charge is 2.24. The summed E-state index contributed by atoms with van der Waals surface area (Å²) in [4.78, 5) is 33.5. The fraction of sp³-hybridized carbons (Fsp3) is 0.727. The molecular formula is C11H18O7. The Morgan fingerprint density at radius 2 is 1.17 bits per heavy atom. The average Bonchev–Trinajstić information content (AvgIpc) is 2.29. The van der Waals surface area contributed by atoms with Crippen molar-refractivity contribution in [1.29, 1.82) is 0 Å². The Bertz CT molecular complexity index is 272. The Balaban J connectivity index is 4.10. The second kappa shape index (κ2) is 8.32. The van der Waals surface area contributed by atoms with Gasteiger partial charge in [0.05, 0.1) is 13.2 Å². The van der Waals surface area contributed by atoms with E-state index in [1.807, 2.05) is 0 Å².